The summed E-state index contributed by atoms with van der Waals surface area (Å²) >= 11 is 0. The standard InChI is InChI=1S/C67H40/c1-39-16-15-23-43(38-39)58-48-26-13-14-27-49(48)63(47-25-12-11-24-44(47)40-17-5-2-6-18-40)67-57-37-33-53-51-31-35-55-60-46(42-21-9-4-10-22-42)29-28-45(41-19-7-3-8-20-41)59(60)54-34-30-50(61(51)64(54)55)52-32-36-56(66(58)67)65(57)62(52)53/h2-38H,1H3. The van der Waals surface area contributed by atoms with Gasteiger partial charge in [-0.05, 0) is 161 Å². The molecule has 67 heavy (non-hydrogen) atoms. The predicted octanol–water partition coefficient (Wildman–Crippen LogP) is 18.8. The molecule has 15 rings (SSSR count). The van der Waals surface area contributed by atoms with Crippen LogP contribution in [0.15, 0.2) is 224 Å². The predicted molar refractivity (Wildman–Crippen MR) is 286 cm³/mol. The monoisotopic (exact) mass is 844 g/mol. The van der Waals surface area contributed by atoms with E-state index in [4.69, 9.17) is 0 Å². The van der Waals surface area contributed by atoms with Crippen molar-refractivity contribution in [1.29, 1.82) is 0 Å². The Balaban J connectivity index is 1.06. The lowest BCUT2D eigenvalue weighted by atomic mass is 9.81. The SMILES string of the molecule is Cc1cccc(-c2c3c(c(-c4ccccc4-c4ccccc4)c4ccccc24)-c2ccc4c5ccc6c7c(ccc(c8ccc-3c2c84)c75)-c2c(-c3ccccc3)ccc(-c3ccccc3)c2-6)c1. The number of fused-ring (bicyclic) bond motifs is 9. The molecule has 0 N–H and O–H groups in total. The number of benzene rings is 13. The molecule has 0 atom stereocenters. The molecule has 0 aromatic heterocycles. The summed E-state index contributed by atoms with van der Waals surface area (Å²) in [4.78, 5) is 0. The van der Waals surface area contributed by atoms with E-state index in [1.165, 1.54) is 160 Å². The molecule has 0 saturated carbocycles. The quantitative estimate of drug-likeness (QED) is 0.120. The normalized spacial score (nSPS) is 12.3. The molecule has 0 bridgehead atoms. The molecular formula is C67H40. The van der Waals surface area contributed by atoms with Crippen molar-refractivity contribution in [2.24, 2.45) is 0 Å². The second-order valence-electron chi connectivity index (χ2n) is 18.6. The maximum atomic E-state index is 2.46. The van der Waals surface area contributed by atoms with E-state index in [1.807, 2.05) is 0 Å². The number of hydrogen-bond donors (Lipinski definition) is 0. The summed E-state index contributed by atoms with van der Waals surface area (Å²) in [5, 5.41) is 13.3. The van der Waals surface area contributed by atoms with Crippen molar-refractivity contribution in [3.05, 3.63) is 230 Å². The van der Waals surface area contributed by atoms with Gasteiger partial charge in [-0.3, -0.25) is 0 Å². The summed E-state index contributed by atoms with van der Waals surface area (Å²) in [5.41, 5.74) is 24.5. The summed E-state index contributed by atoms with van der Waals surface area (Å²) < 4.78 is 0. The van der Waals surface area contributed by atoms with Gasteiger partial charge in [0.05, 0.1) is 0 Å². The van der Waals surface area contributed by atoms with E-state index in [0.717, 1.165) is 0 Å². The molecule has 0 nitrogen and oxygen atoms in total. The Labute approximate surface area is 389 Å². The minimum atomic E-state index is 1.22. The molecule has 2 aliphatic carbocycles. The highest BCUT2D eigenvalue weighted by atomic mass is 14.4. The number of rotatable bonds is 5. The second-order valence-corrected chi connectivity index (χ2v) is 18.6. The maximum Gasteiger partial charge on any atom is -0.000718 e. The Kier molecular flexibility index (Phi) is 7.52. The Morgan fingerprint density at radius 3 is 1.06 bits per heavy atom. The van der Waals surface area contributed by atoms with E-state index in [1.54, 1.807) is 0 Å². The van der Waals surface area contributed by atoms with Gasteiger partial charge < -0.3 is 0 Å². The van der Waals surface area contributed by atoms with Crippen LogP contribution in [0, 0.1) is 6.92 Å². The van der Waals surface area contributed by atoms with Crippen LogP contribution in [0.2, 0.25) is 0 Å². The van der Waals surface area contributed by atoms with Crippen LogP contribution < -0.4 is 0 Å². The Hall–Kier alpha value is -8.58. The van der Waals surface area contributed by atoms with Gasteiger partial charge in [-0.1, -0.05) is 230 Å². The zero-order valence-corrected chi connectivity index (χ0v) is 36.9. The molecule has 0 heterocycles. The lowest BCUT2D eigenvalue weighted by Gasteiger charge is -2.22. The van der Waals surface area contributed by atoms with Gasteiger partial charge in [0.15, 0.2) is 0 Å². The van der Waals surface area contributed by atoms with Crippen LogP contribution in [-0.4, -0.2) is 0 Å². The van der Waals surface area contributed by atoms with Crippen LogP contribution in [0.5, 0.6) is 0 Å². The van der Waals surface area contributed by atoms with Gasteiger partial charge in [0, 0.05) is 0 Å². The average molecular weight is 845 g/mol. The fourth-order valence-electron chi connectivity index (χ4n) is 12.5. The first-order valence-electron chi connectivity index (χ1n) is 23.5. The molecule has 0 spiro atoms. The first-order chi connectivity index (χ1) is 33.2. The summed E-state index contributed by atoms with van der Waals surface area (Å²) in [6, 6.07) is 84.4. The molecule has 13 aromatic rings. The van der Waals surface area contributed by atoms with Crippen LogP contribution in [0.4, 0.5) is 0 Å². The molecule has 13 aromatic carbocycles. The van der Waals surface area contributed by atoms with E-state index in [9.17, 15) is 0 Å². The lowest BCUT2D eigenvalue weighted by Crippen LogP contribution is -1.95. The summed E-state index contributed by atoms with van der Waals surface area (Å²) in [6.07, 6.45) is 0. The number of hydrogen-bond acceptors (Lipinski definition) is 0. The highest BCUT2D eigenvalue weighted by Crippen LogP contribution is 2.62. The smallest absolute Gasteiger partial charge is 0.000718 e. The van der Waals surface area contributed by atoms with E-state index in [-0.39, 0.29) is 0 Å². The summed E-state index contributed by atoms with van der Waals surface area (Å²) in [7, 11) is 0. The van der Waals surface area contributed by atoms with Gasteiger partial charge in [-0.25, -0.2) is 0 Å². The molecule has 2 aliphatic rings. The van der Waals surface area contributed by atoms with Gasteiger partial charge in [0.25, 0.3) is 0 Å². The molecule has 0 heteroatoms. The van der Waals surface area contributed by atoms with Crippen molar-refractivity contribution in [1.82, 2.24) is 0 Å². The average Bonchev–Trinajstić information content (AvgIpc) is 3.91. The van der Waals surface area contributed by atoms with Crippen molar-refractivity contribution >= 4 is 53.9 Å². The highest BCUT2D eigenvalue weighted by Gasteiger charge is 2.34. The van der Waals surface area contributed by atoms with Crippen molar-refractivity contribution < 1.29 is 0 Å². The highest BCUT2D eigenvalue weighted by molar-refractivity contribution is 6.42. The van der Waals surface area contributed by atoms with Gasteiger partial charge in [-0.2, -0.15) is 0 Å². The summed E-state index contributed by atoms with van der Waals surface area (Å²) in [5.74, 6) is 0. The van der Waals surface area contributed by atoms with E-state index in [0.29, 0.717) is 0 Å². The fraction of sp³-hybridized carbons (Fsp3) is 0.0149. The first kappa shape index (κ1) is 36.7. The third kappa shape index (κ3) is 4.97. The second kappa shape index (κ2) is 13.7. The molecule has 308 valence electrons. The van der Waals surface area contributed by atoms with Crippen LogP contribution in [0.3, 0.4) is 0 Å². The largest absolute Gasteiger partial charge is 0.0622 e. The summed E-state index contributed by atoms with van der Waals surface area (Å²) in [6.45, 7) is 2.21. The van der Waals surface area contributed by atoms with Crippen molar-refractivity contribution in [3.8, 4) is 100 Å². The minimum absolute atomic E-state index is 1.22. The van der Waals surface area contributed by atoms with Crippen LogP contribution in [0.1, 0.15) is 5.56 Å². The molecule has 0 fully saturated rings. The zero-order chi connectivity index (χ0) is 43.9. The Morgan fingerprint density at radius 1 is 0.194 bits per heavy atom. The third-order valence-electron chi connectivity index (χ3n) is 15.2. The van der Waals surface area contributed by atoms with Gasteiger partial charge in [0.2, 0.25) is 0 Å². The van der Waals surface area contributed by atoms with Crippen molar-refractivity contribution in [3.63, 3.8) is 0 Å². The van der Waals surface area contributed by atoms with Gasteiger partial charge in [0.1, 0.15) is 0 Å². The van der Waals surface area contributed by atoms with Crippen LogP contribution in [-0.2, 0) is 0 Å². The molecule has 0 unspecified atom stereocenters. The van der Waals surface area contributed by atoms with E-state index in [2.05, 4.69) is 231 Å². The first-order valence-corrected chi connectivity index (χ1v) is 23.5. The molecule has 0 aliphatic heterocycles. The van der Waals surface area contributed by atoms with Crippen molar-refractivity contribution in [2.45, 2.75) is 6.92 Å². The number of aryl methyl sites for hydroxylation is 1. The van der Waals surface area contributed by atoms with Gasteiger partial charge >= 0.3 is 0 Å². The molecule has 0 radical (unpaired) electrons. The van der Waals surface area contributed by atoms with E-state index >= 15 is 0 Å². The minimum Gasteiger partial charge on any atom is -0.0622 e. The van der Waals surface area contributed by atoms with Gasteiger partial charge in [-0.15, -0.1) is 0 Å². The Morgan fingerprint density at radius 2 is 0.567 bits per heavy atom. The van der Waals surface area contributed by atoms with Crippen molar-refractivity contribution in [2.75, 3.05) is 0 Å². The molecule has 0 amide bonds. The van der Waals surface area contributed by atoms with Crippen LogP contribution in [0.25, 0.3) is 154 Å². The molecular weight excluding hydrogens is 805 g/mol. The molecule has 0 saturated heterocycles. The fourth-order valence-corrected chi connectivity index (χ4v) is 12.5. The zero-order valence-electron chi connectivity index (χ0n) is 36.9. The third-order valence-corrected chi connectivity index (χ3v) is 15.2. The lowest BCUT2D eigenvalue weighted by molar-refractivity contribution is 1.47. The maximum absolute atomic E-state index is 2.46. The topological polar surface area (TPSA) is 0 Å². The van der Waals surface area contributed by atoms with Crippen LogP contribution >= 0.6 is 0 Å². The Bertz CT molecular complexity index is 4110. The van der Waals surface area contributed by atoms with E-state index < -0.39 is 0 Å².